The van der Waals surface area contributed by atoms with Gasteiger partial charge in [-0.3, -0.25) is 9.59 Å². The maximum Gasteiger partial charge on any atom is 0.240 e. The van der Waals surface area contributed by atoms with Crippen LogP contribution >= 0.6 is 0 Å². The molecule has 0 aliphatic carbocycles. The van der Waals surface area contributed by atoms with E-state index in [1.807, 2.05) is 13.8 Å². The Bertz CT molecular complexity index is 291. The van der Waals surface area contributed by atoms with Crippen LogP contribution in [0.2, 0.25) is 0 Å². The van der Waals surface area contributed by atoms with Gasteiger partial charge in [-0.05, 0) is 40.0 Å². The molecular weight excluding hydrogens is 218 g/mol. The number of primary amides is 1. The van der Waals surface area contributed by atoms with Gasteiger partial charge >= 0.3 is 0 Å². The van der Waals surface area contributed by atoms with Gasteiger partial charge in [0.25, 0.3) is 0 Å². The van der Waals surface area contributed by atoms with E-state index in [2.05, 4.69) is 12.2 Å². The number of hydrogen-bond acceptors (Lipinski definition) is 3. The number of carbonyl (C=O) groups excluding carboxylic acids is 2. The third kappa shape index (κ3) is 4.00. The van der Waals surface area contributed by atoms with Gasteiger partial charge in [0.15, 0.2) is 0 Å². The fourth-order valence-corrected chi connectivity index (χ4v) is 2.22. The first-order valence-corrected chi connectivity index (χ1v) is 6.26. The summed E-state index contributed by atoms with van der Waals surface area (Å²) in [5.74, 6) is -0.471. The molecule has 0 radical (unpaired) electrons. The highest BCUT2D eigenvalue weighted by atomic mass is 16.2. The molecule has 1 heterocycles. The Morgan fingerprint density at radius 1 is 1.41 bits per heavy atom. The summed E-state index contributed by atoms with van der Waals surface area (Å²) >= 11 is 0. The van der Waals surface area contributed by atoms with Crippen LogP contribution in [-0.2, 0) is 9.59 Å². The zero-order chi connectivity index (χ0) is 13.0. The van der Waals surface area contributed by atoms with E-state index in [9.17, 15) is 9.59 Å². The molecule has 0 aromatic rings. The molecule has 5 nitrogen and oxygen atoms in total. The molecule has 2 unspecified atom stereocenters. The average molecular weight is 241 g/mol. The van der Waals surface area contributed by atoms with Crippen LogP contribution in [0.4, 0.5) is 0 Å². The largest absolute Gasteiger partial charge is 0.368 e. The number of nitrogens with two attached hydrogens (primary N) is 1. The molecule has 0 spiro atoms. The highest BCUT2D eigenvalue weighted by Gasteiger charge is 2.29. The normalized spacial score (nSPS) is 24.7. The lowest BCUT2D eigenvalue weighted by Gasteiger charge is -2.34. The minimum atomic E-state index is -0.462. The Hall–Kier alpha value is -1.10. The number of rotatable bonds is 4. The fraction of sp³-hybridized carbons (Fsp3) is 0.833. The smallest absolute Gasteiger partial charge is 0.240 e. The number of piperidine rings is 1. The molecule has 2 atom stereocenters. The second-order valence-corrected chi connectivity index (χ2v) is 5.08. The highest BCUT2D eigenvalue weighted by Crippen LogP contribution is 2.15. The summed E-state index contributed by atoms with van der Waals surface area (Å²) in [5.41, 5.74) is 5.17. The lowest BCUT2D eigenvalue weighted by Crippen LogP contribution is -2.54. The molecule has 5 heteroatoms. The predicted molar refractivity (Wildman–Crippen MR) is 66.3 cm³/mol. The maximum atomic E-state index is 12.3. The summed E-state index contributed by atoms with van der Waals surface area (Å²) in [6, 6.07) is 0.190. The first-order chi connectivity index (χ1) is 7.91. The van der Waals surface area contributed by atoms with E-state index >= 15 is 0 Å². The third-order valence-electron chi connectivity index (χ3n) is 3.15. The first kappa shape index (κ1) is 14.0. The quantitative estimate of drug-likeness (QED) is 0.740. The average Bonchev–Trinajstić information content (AvgIpc) is 2.24. The molecule has 0 aromatic heterocycles. The molecule has 17 heavy (non-hydrogen) atoms. The van der Waals surface area contributed by atoms with E-state index in [0.717, 1.165) is 19.3 Å². The van der Waals surface area contributed by atoms with E-state index in [0.29, 0.717) is 6.04 Å². The van der Waals surface area contributed by atoms with Crippen LogP contribution in [0.15, 0.2) is 0 Å². The standard InChI is InChI=1S/C12H23N3O2/c1-8(2)15(7-11(13)16)12(17)10-6-4-5-9(3)14-10/h8-10,14H,4-7H2,1-3H3,(H2,13,16). The first-order valence-electron chi connectivity index (χ1n) is 6.26. The molecule has 98 valence electrons. The Morgan fingerprint density at radius 2 is 2.06 bits per heavy atom. The fourth-order valence-electron chi connectivity index (χ4n) is 2.22. The molecule has 2 amide bonds. The molecule has 0 bridgehead atoms. The SMILES string of the molecule is CC1CCCC(C(=O)N(CC(N)=O)C(C)C)N1. The van der Waals surface area contributed by atoms with Crippen molar-refractivity contribution in [3.63, 3.8) is 0 Å². The van der Waals surface area contributed by atoms with Gasteiger partial charge in [-0.25, -0.2) is 0 Å². The molecule has 0 aromatic carbocycles. The summed E-state index contributed by atoms with van der Waals surface area (Å²) in [4.78, 5) is 24.8. The summed E-state index contributed by atoms with van der Waals surface area (Å²) in [6.07, 6.45) is 2.99. The van der Waals surface area contributed by atoms with E-state index in [-0.39, 0.29) is 24.5 Å². The van der Waals surface area contributed by atoms with Crippen LogP contribution in [0.5, 0.6) is 0 Å². The van der Waals surface area contributed by atoms with E-state index in [1.54, 1.807) is 4.90 Å². The van der Waals surface area contributed by atoms with Crippen LogP contribution in [0.3, 0.4) is 0 Å². The van der Waals surface area contributed by atoms with Gasteiger partial charge in [-0.2, -0.15) is 0 Å². The van der Waals surface area contributed by atoms with Gasteiger partial charge in [0.1, 0.15) is 0 Å². The van der Waals surface area contributed by atoms with Crippen molar-refractivity contribution in [3.05, 3.63) is 0 Å². The van der Waals surface area contributed by atoms with Gasteiger partial charge in [0, 0.05) is 12.1 Å². The number of hydrogen-bond donors (Lipinski definition) is 2. The molecular formula is C12H23N3O2. The Morgan fingerprint density at radius 3 is 2.53 bits per heavy atom. The Balaban J connectivity index is 2.66. The minimum absolute atomic E-state index is 0.00304. The van der Waals surface area contributed by atoms with Crippen molar-refractivity contribution in [1.82, 2.24) is 10.2 Å². The molecule has 1 aliphatic rings. The second-order valence-electron chi connectivity index (χ2n) is 5.08. The van der Waals surface area contributed by atoms with E-state index < -0.39 is 5.91 Å². The van der Waals surface area contributed by atoms with Crippen molar-refractivity contribution >= 4 is 11.8 Å². The third-order valence-corrected chi connectivity index (χ3v) is 3.15. The van der Waals surface area contributed by atoms with Crippen molar-refractivity contribution in [2.75, 3.05) is 6.54 Å². The van der Waals surface area contributed by atoms with Crippen molar-refractivity contribution in [2.45, 2.75) is 58.2 Å². The summed E-state index contributed by atoms with van der Waals surface area (Å²) < 4.78 is 0. The second kappa shape index (κ2) is 6.00. The molecule has 1 saturated heterocycles. The van der Waals surface area contributed by atoms with Gasteiger partial charge in [-0.15, -0.1) is 0 Å². The highest BCUT2D eigenvalue weighted by molar-refractivity contribution is 5.87. The molecule has 0 saturated carbocycles. The van der Waals surface area contributed by atoms with Crippen LogP contribution in [0.25, 0.3) is 0 Å². The predicted octanol–water partition coefficient (Wildman–Crippen LogP) is 0.239. The summed E-state index contributed by atoms with van der Waals surface area (Å²) in [7, 11) is 0. The number of carbonyl (C=O) groups is 2. The zero-order valence-corrected chi connectivity index (χ0v) is 10.9. The lowest BCUT2D eigenvalue weighted by molar-refractivity contribution is -0.139. The molecule has 1 fully saturated rings. The van der Waals surface area contributed by atoms with E-state index in [1.165, 1.54) is 0 Å². The zero-order valence-electron chi connectivity index (χ0n) is 10.9. The van der Waals surface area contributed by atoms with E-state index in [4.69, 9.17) is 5.73 Å². The van der Waals surface area contributed by atoms with Crippen molar-refractivity contribution < 1.29 is 9.59 Å². The Labute approximate surface area is 103 Å². The molecule has 1 aliphatic heterocycles. The number of nitrogens with zero attached hydrogens (tertiary/aromatic N) is 1. The van der Waals surface area contributed by atoms with Crippen LogP contribution in [0, 0.1) is 0 Å². The Kier molecular flexibility index (Phi) is 4.93. The monoisotopic (exact) mass is 241 g/mol. The summed E-state index contributed by atoms with van der Waals surface area (Å²) in [5, 5.41) is 3.28. The van der Waals surface area contributed by atoms with Crippen LogP contribution < -0.4 is 11.1 Å². The van der Waals surface area contributed by atoms with Crippen LogP contribution in [-0.4, -0.2) is 41.4 Å². The van der Waals surface area contributed by atoms with Crippen LogP contribution in [0.1, 0.15) is 40.0 Å². The van der Waals surface area contributed by atoms with Gasteiger partial charge in [0.2, 0.25) is 11.8 Å². The van der Waals surface area contributed by atoms with Crippen molar-refractivity contribution in [2.24, 2.45) is 5.73 Å². The van der Waals surface area contributed by atoms with Gasteiger partial charge in [-0.1, -0.05) is 0 Å². The van der Waals surface area contributed by atoms with Crippen molar-refractivity contribution in [1.29, 1.82) is 0 Å². The van der Waals surface area contributed by atoms with Gasteiger partial charge in [0.05, 0.1) is 12.6 Å². The number of nitrogens with one attached hydrogen (secondary N) is 1. The topological polar surface area (TPSA) is 75.4 Å². The van der Waals surface area contributed by atoms with Crippen molar-refractivity contribution in [3.8, 4) is 0 Å². The number of amides is 2. The lowest BCUT2D eigenvalue weighted by atomic mass is 9.98. The minimum Gasteiger partial charge on any atom is -0.368 e. The van der Waals surface area contributed by atoms with Gasteiger partial charge < -0.3 is 16.0 Å². The maximum absolute atomic E-state index is 12.3. The molecule has 1 rings (SSSR count). The molecule has 3 N–H and O–H groups in total. The summed E-state index contributed by atoms with van der Waals surface area (Å²) in [6.45, 7) is 5.87.